The predicted octanol–water partition coefficient (Wildman–Crippen LogP) is 3.07. The summed E-state index contributed by atoms with van der Waals surface area (Å²) in [7, 11) is 3.12. The largest absolute Gasteiger partial charge is 0.469 e. The molecule has 0 fully saturated rings. The zero-order valence-electron chi connectivity index (χ0n) is 16.0. The van der Waals surface area contributed by atoms with E-state index in [9.17, 15) is 14.4 Å². The Hall–Kier alpha value is -2.61. The van der Waals surface area contributed by atoms with Gasteiger partial charge in [-0.3, -0.25) is 14.4 Å². The number of hydrogen-bond donors (Lipinski definition) is 0. The van der Waals surface area contributed by atoms with Crippen molar-refractivity contribution in [2.45, 2.75) is 39.5 Å². The number of benzene rings is 1. The highest BCUT2D eigenvalue weighted by molar-refractivity contribution is 5.96. The summed E-state index contributed by atoms with van der Waals surface area (Å²) in [5, 5.41) is 0. The Labute approximate surface area is 155 Å². The van der Waals surface area contributed by atoms with Crippen LogP contribution in [0, 0.1) is 17.8 Å². The van der Waals surface area contributed by atoms with Gasteiger partial charge in [-0.25, -0.2) is 0 Å². The molecule has 1 aromatic carbocycles. The van der Waals surface area contributed by atoms with Gasteiger partial charge in [0.15, 0.2) is 5.78 Å². The van der Waals surface area contributed by atoms with Gasteiger partial charge in [0.25, 0.3) is 0 Å². The molecule has 0 aliphatic carbocycles. The highest BCUT2D eigenvalue weighted by Gasteiger charge is 2.15. The number of hydrogen-bond acceptors (Lipinski definition) is 4. The molecule has 0 N–H and O–H groups in total. The van der Waals surface area contributed by atoms with Crippen molar-refractivity contribution in [3.8, 4) is 11.8 Å². The molecule has 5 nitrogen and oxygen atoms in total. The summed E-state index contributed by atoms with van der Waals surface area (Å²) in [6.07, 6.45) is 2.26. The third-order valence-corrected chi connectivity index (χ3v) is 4.16. The maximum absolute atomic E-state index is 12.3. The van der Waals surface area contributed by atoms with Crippen molar-refractivity contribution < 1.29 is 19.1 Å². The van der Waals surface area contributed by atoms with Gasteiger partial charge in [0.05, 0.1) is 13.0 Å². The maximum atomic E-state index is 12.3. The first-order chi connectivity index (χ1) is 12.3. The zero-order chi connectivity index (χ0) is 19.5. The van der Waals surface area contributed by atoms with Crippen molar-refractivity contribution in [3.63, 3.8) is 0 Å². The number of esters is 1. The van der Waals surface area contributed by atoms with Crippen molar-refractivity contribution in [2.75, 3.05) is 20.7 Å². The Kier molecular flexibility index (Phi) is 9.14. The highest BCUT2D eigenvalue weighted by Crippen LogP contribution is 2.13. The van der Waals surface area contributed by atoms with Gasteiger partial charge in [-0.05, 0) is 25.0 Å². The average Bonchev–Trinajstić information content (AvgIpc) is 2.64. The number of carbonyl (C=O) groups excluding carboxylic acids is 3. The SMILES string of the molecule is COC(=O)[C@@H](C)CCC(=O)c1cccc(C#CCCCN(C)C(C)=O)c1. The highest BCUT2D eigenvalue weighted by atomic mass is 16.5. The van der Waals surface area contributed by atoms with Gasteiger partial charge in [0.1, 0.15) is 0 Å². The molecule has 0 aliphatic heterocycles. The lowest BCUT2D eigenvalue weighted by Crippen LogP contribution is -2.24. The summed E-state index contributed by atoms with van der Waals surface area (Å²) < 4.78 is 4.67. The number of methoxy groups -OCH3 is 1. The van der Waals surface area contributed by atoms with E-state index in [4.69, 9.17) is 0 Å². The van der Waals surface area contributed by atoms with Crippen LogP contribution in [-0.4, -0.2) is 43.3 Å². The summed E-state index contributed by atoms with van der Waals surface area (Å²) in [6.45, 7) is 3.98. The molecule has 5 heteroatoms. The van der Waals surface area contributed by atoms with Gasteiger partial charge in [-0.1, -0.05) is 30.9 Å². The molecule has 0 saturated heterocycles. The maximum Gasteiger partial charge on any atom is 0.308 e. The summed E-state index contributed by atoms with van der Waals surface area (Å²) in [5.74, 6) is 5.58. The molecule has 1 amide bonds. The lowest BCUT2D eigenvalue weighted by Gasteiger charge is -2.12. The van der Waals surface area contributed by atoms with E-state index in [2.05, 4.69) is 16.6 Å². The van der Waals surface area contributed by atoms with Crippen molar-refractivity contribution in [1.82, 2.24) is 4.90 Å². The van der Waals surface area contributed by atoms with Crippen LogP contribution in [0.4, 0.5) is 0 Å². The number of carbonyl (C=O) groups is 3. The van der Waals surface area contributed by atoms with E-state index >= 15 is 0 Å². The van der Waals surface area contributed by atoms with E-state index in [-0.39, 0.29) is 23.6 Å². The summed E-state index contributed by atoms with van der Waals surface area (Å²) >= 11 is 0. The van der Waals surface area contributed by atoms with Gasteiger partial charge < -0.3 is 9.64 Å². The second kappa shape index (κ2) is 11.1. The van der Waals surface area contributed by atoms with Gasteiger partial charge in [0, 0.05) is 44.5 Å². The van der Waals surface area contributed by atoms with Gasteiger partial charge >= 0.3 is 5.97 Å². The van der Waals surface area contributed by atoms with Gasteiger partial charge in [-0.2, -0.15) is 0 Å². The second-order valence-corrected chi connectivity index (χ2v) is 6.31. The van der Waals surface area contributed by atoms with E-state index < -0.39 is 0 Å². The Bertz CT molecular complexity index is 699. The molecule has 0 radical (unpaired) electrons. The zero-order valence-corrected chi connectivity index (χ0v) is 16.0. The summed E-state index contributed by atoms with van der Waals surface area (Å²) in [4.78, 5) is 36.5. The van der Waals surface area contributed by atoms with Crippen LogP contribution >= 0.6 is 0 Å². The minimum atomic E-state index is -0.298. The minimum absolute atomic E-state index is 0.00696. The second-order valence-electron chi connectivity index (χ2n) is 6.31. The Morgan fingerprint density at radius 3 is 2.65 bits per heavy atom. The molecule has 1 aromatic rings. The molecule has 0 bridgehead atoms. The molecule has 26 heavy (non-hydrogen) atoms. The average molecular weight is 357 g/mol. The Morgan fingerprint density at radius 2 is 2.00 bits per heavy atom. The summed E-state index contributed by atoms with van der Waals surface area (Å²) in [6, 6.07) is 7.21. The first-order valence-electron chi connectivity index (χ1n) is 8.76. The topological polar surface area (TPSA) is 63.7 Å². The van der Waals surface area contributed by atoms with E-state index in [0.29, 0.717) is 31.4 Å². The van der Waals surface area contributed by atoms with Crippen LogP contribution in [0.5, 0.6) is 0 Å². The molecule has 0 unspecified atom stereocenters. The molecular formula is C21H27NO4. The standard InChI is InChI=1S/C21H27NO4/c1-16(21(25)26-4)12-13-20(24)19-11-8-10-18(15-19)9-6-5-7-14-22(3)17(2)23/h8,10-11,15-16H,5,7,12-14H2,1-4H3/t16-/m0/s1. The molecule has 0 heterocycles. The molecular weight excluding hydrogens is 330 g/mol. The third kappa shape index (κ3) is 7.52. The lowest BCUT2D eigenvalue weighted by atomic mass is 9.99. The fraction of sp³-hybridized carbons (Fsp3) is 0.476. The van der Waals surface area contributed by atoms with E-state index in [1.807, 2.05) is 12.1 Å². The van der Waals surface area contributed by atoms with Crippen LogP contribution in [0.2, 0.25) is 0 Å². The number of ketones is 1. The fourth-order valence-corrected chi connectivity index (χ4v) is 2.31. The smallest absolute Gasteiger partial charge is 0.308 e. The van der Waals surface area contributed by atoms with Crippen LogP contribution in [0.3, 0.4) is 0 Å². The molecule has 0 aromatic heterocycles. The number of nitrogens with zero attached hydrogens (tertiary/aromatic N) is 1. The monoisotopic (exact) mass is 357 g/mol. The first-order valence-corrected chi connectivity index (χ1v) is 8.76. The van der Waals surface area contributed by atoms with Crippen LogP contribution in [-0.2, 0) is 14.3 Å². The Morgan fingerprint density at radius 1 is 1.27 bits per heavy atom. The van der Waals surface area contributed by atoms with E-state index in [1.165, 1.54) is 7.11 Å². The molecule has 0 saturated carbocycles. The molecule has 0 aliphatic rings. The van der Waals surface area contributed by atoms with Crippen molar-refractivity contribution in [2.24, 2.45) is 5.92 Å². The first kappa shape index (κ1) is 21.4. The predicted molar refractivity (Wildman–Crippen MR) is 101 cm³/mol. The molecule has 1 atom stereocenters. The molecule has 0 spiro atoms. The van der Waals surface area contributed by atoms with Gasteiger partial charge in [-0.15, -0.1) is 0 Å². The normalized spacial score (nSPS) is 11.1. The van der Waals surface area contributed by atoms with Crippen molar-refractivity contribution in [3.05, 3.63) is 35.4 Å². The summed E-state index contributed by atoms with van der Waals surface area (Å²) in [5.41, 5.74) is 1.39. The molecule has 1 rings (SSSR count). The van der Waals surface area contributed by atoms with Crippen LogP contribution < -0.4 is 0 Å². The lowest BCUT2D eigenvalue weighted by molar-refractivity contribution is -0.145. The number of amides is 1. The van der Waals surface area contributed by atoms with Gasteiger partial charge in [0.2, 0.25) is 5.91 Å². The minimum Gasteiger partial charge on any atom is -0.469 e. The van der Waals surface area contributed by atoms with Crippen LogP contribution in [0.1, 0.15) is 55.5 Å². The van der Waals surface area contributed by atoms with E-state index in [0.717, 1.165) is 12.0 Å². The fourth-order valence-electron chi connectivity index (χ4n) is 2.31. The van der Waals surface area contributed by atoms with Crippen LogP contribution in [0.25, 0.3) is 0 Å². The Balaban J connectivity index is 2.55. The number of rotatable bonds is 8. The molecule has 140 valence electrons. The van der Waals surface area contributed by atoms with Crippen molar-refractivity contribution >= 4 is 17.7 Å². The van der Waals surface area contributed by atoms with Crippen LogP contribution in [0.15, 0.2) is 24.3 Å². The third-order valence-electron chi connectivity index (χ3n) is 4.16. The number of ether oxygens (including phenoxy) is 1. The number of unbranched alkanes of at least 4 members (excludes halogenated alkanes) is 1. The number of Topliss-reactive ketones (excluding diaryl/α,β-unsaturated/α-hetero) is 1. The quantitative estimate of drug-likeness (QED) is 0.310. The van der Waals surface area contributed by atoms with Crippen molar-refractivity contribution in [1.29, 1.82) is 0 Å². The van der Waals surface area contributed by atoms with E-state index in [1.54, 1.807) is 37.9 Å².